The van der Waals surface area contributed by atoms with Crippen LogP contribution in [-0.2, 0) is 5.41 Å². The molecule has 1 aromatic rings. The van der Waals surface area contributed by atoms with Gasteiger partial charge in [0.15, 0.2) is 0 Å². The number of carbonyl (C=O) groups is 1. The standard InChI is InChI=1S/C23H29FN2O2/c24-17-1-2-19-18(10-17)23(3-5-26(6-4-23)21(27)28)20(25-19)22-11-14-7-15(12-22)9-16(8-14)13-22/h1-2,10,14-16,20,25H,3-9,11-13H2,(H,27,28). The predicted octanol–water partition coefficient (Wildman–Crippen LogP) is 4.85. The zero-order valence-corrected chi connectivity index (χ0v) is 16.3. The van der Waals surface area contributed by atoms with Crippen molar-refractivity contribution in [2.45, 2.75) is 62.8 Å². The fourth-order valence-electron chi connectivity index (χ4n) is 8.43. The molecule has 1 atom stereocenters. The maximum atomic E-state index is 14.3. The Kier molecular flexibility index (Phi) is 3.45. The highest BCUT2D eigenvalue weighted by Gasteiger charge is 2.62. The van der Waals surface area contributed by atoms with Crippen molar-refractivity contribution < 1.29 is 14.3 Å². The van der Waals surface area contributed by atoms with E-state index < -0.39 is 6.09 Å². The molecule has 1 aromatic carbocycles. The van der Waals surface area contributed by atoms with Gasteiger partial charge in [-0.25, -0.2) is 9.18 Å². The number of piperidine rings is 1. The molecule has 2 heterocycles. The number of anilines is 1. The number of hydrogen-bond donors (Lipinski definition) is 2. The highest BCUT2D eigenvalue weighted by molar-refractivity contribution is 5.67. The predicted molar refractivity (Wildman–Crippen MR) is 105 cm³/mol. The van der Waals surface area contributed by atoms with Gasteiger partial charge in [-0.05, 0) is 98.3 Å². The van der Waals surface area contributed by atoms with Gasteiger partial charge in [-0.1, -0.05) is 0 Å². The molecule has 0 radical (unpaired) electrons. The first-order chi connectivity index (χ1) is 13.5. The number of nitrogens with one attached hydrogen (secondary N) is 1. The molecule has 4 bridgehead atoms. The lowest BCUT2D eigenvalue weighted by Crippen LogP contribution is -2.61. The van der Waals surface area contributed by atoms with E-state index in [9.17, 15) is 14.3 Å². The van der Waals surface area contributed by atoms with Gasteiger partial charge in [-0.2, -0.15) is 0 Å². The molecule has 4 saturated carbocycles. The first-order valence-electron chi connectivity index (χ1n) is 11.0. The molecule has 1 saturated heterocycles. The van der Waals surface area contributed by atoms with Gasteiger partial charge in [0.25, 0.3) is 0 Å². The van der Waals surface area contributed by atoms with Gasteiger partial charge < -0.3 is 15.3 Å². The Balaban J connectivity index is 1.42. The van der Waals surface area contributed by atoms with Crippen molar-refractivity contribution in [2.24, 2.45) is 23.2 Å². The molecule has 5 fully saturated rings. The van der Waals surface area contributed by atoms with Gasteiger partial charge in [-0.15, -0.1) is 0 Å². The van der Waals surface area contributed by atoms with Crippen molar-refractivity contribution >= 4 is 11.8 Å². The van der Waals surface area contributed by atoms with Gasteiger partial charge in [0.1, 0.15) is 5.82 Å². The van der Waals surface area contributed by atoms with Crippen molar-refractivity contribution in [1.82, 2.24) is 4.90 Å². The SMILES string of the molecule is O=C(O)N1CCC2(CC1)c1cc(F)ccc1NC2C12CC3CC(CC(C3)C1)C2. The maximum absolute atomic E-state index is 14.3. The summed E-state index contributed by atoms with van der Waals surface area (Å²) in [5.41, 5.74) is 2.37. The number of fused-ring (bicyclic) bond motifs is 2. The first kappa shape index (κ1) is 17.1. The van der Waals surface area contributed by atoms with Gasteiger partial charge in [0.2, 0.25) is 0 Å². The number of halogens is 1. The molecule has 2 N–H and O–H groups in total. The van der Waals surface area contributed by atoms with Crippen LogP contribution in [0.1, 0.15) is 56.9 Å². The number of rotatable bonds is 1. The van der Waals surface area contributed by atoms with Crippen molar-refractivity contribution in [3.05, 3.63) is 29.6 Å². The normalized spacial score (nSPS) is 39.8. The van der Waals surface area contributed by atoms with E-state index >= 15 is 0 Å². The highest BCUT2D eigenvalue weighted by Crippen LogP contribution is 2.66. The third-order valence-electron chi connectivity index (χ3n) is 8.99. The molecule has 6 aliphatic rings. The van der Waals surface area contributed by atoms with Crippen LogP contribution in [0, 0.1) is 29.0 Å². The third kappa shape index (κ3) is 2.25. The van der Waals surface area contributed by atoms with Crippen LogP contribution in [0.5, 0.6) is 0 Å². The first-order valence-corrected chi connectivity index (χ1v) is 11.0. The summed E-state index contributed by atoms with van der Waals surface area (Å²) in [7, 11) is 0. The number of benzene rings is 1. The number of nitrogens with zero attached hydrogens (tertiary/aromatic N) is 1. The van der Waals surface area contributed by atoms with Crippen LogP contribution in [0.2, 0.25) is 0 Å². The summed E-state index contributed by atoms with van der Waals surface area (Å²) < 4.78 is 14.3. The minimum atomic E-state index is -0.827. The molecule has 1 unspecified atom stereocenters. The second kappa shape index (κ2) is 5.64. The van der Waals surface area contributed by atoms with Crippen molar-refractivity contribution in [3.8, 4) is 0 Å². The fraction of sp³-hybridized carbons (Fsp3) is 0.696. The fourth-order valence-corrected chi connectivity index (χ4v) is 8.43. The lowest BCUT2D eigenvalue weighted by molar-refractivity contribution is -0.0794. The van der Waals surface area contributed by atoms with Crippen LogP contribution in [0.4, 0.5) is 14.9 Å². The van der Waals surface area contributed by atoms with Gasteiger partial charge in [0, 0.05) is 30.2 Å². The van der Waals surface area contributed by atoms with Gasteiger partial charge in [-0.3, -0.25) is 0 Å². The van der Waals surface area contributed by atoms with E-state index in [0.717, 1.165) is 41.8 Å². The Morgan fingerprint density at radius 2 is 1.68 bits per heavy atom. The molecule has 4 aliphatic carbocycles. The van der Waals surface area contributed by atoms with Gasteiger partial charge >= 0.3 is 6.09 Å². The molecule has 1 spiro atoms. The largest absolute Gasteiger partial charge is 0.465 e. The maximum Gasteiger partial charge on any atom is 0.407 e. The van der Waals surface area contributed by atoms with Crippen molar-refractivity contribution in [3.63, 3.8) is 0 Å². The van der Waals surface area contributed by atoms with Crippen molar-refractivity contribution in [1.29, 1.82) is 0 Å². The molecule has 150 valence electrons. The van der Waals surface area contributed by atoms with Crippen LogP contribution < -0.4 is 5.32 Å². The molecule has 5 heteroatoms. The second-order valence-electron chi connectivity index (χ2n) is 10.5. The summed E-state index contributed by atoms with van der Waals surface area (Å²) in [6.45, 7) is 1.10. The van der Waals surface area contributed by atoms with E-state index in [0.29, 0.717) is 24.5 Å². The summed E-state index contributed by atoms with van der Waals surface area (Å²) in [5.74, 6) is 2.42. The average Bonchev–Trinajstić information content (AvgIpc) is 2.95. The van der Waals surface area contributed by atoms with Crippen molar-refractivity contribution in [2.75, 3.05) is 18.4 Å². The molecule has 4 nitrogen and oxygen atoms in total. The molecule has 0 aromatic heterocycles. The van der Waals surface area contributed by atoms with Crippen LogP contribution in [0.3, 0.4) is 0 Å². The Morgan fingerprint density at radius 1 is 1.07 bits per heavy atom. The minimum absolute atomic E-state index is 0.130. The summed E-state index contributed by atoms with van der Waals surface area (Å²) >= 11 is 0. The molecular weight excluding hydrogens is 355 g/mol. The van der Waals surface area contributed by atoms with Gasteiger partial charge in [0.05, 0.1) is 0 Å². The average molecular weight is 384 g/mol. The Hall–Kier alpha value is -1.78. The number of amides is 1. The molecule has 1 amide bonds. The van der Waals surface area contributed by atoms with E-state index in [-0.39, 0.29) is 11.2 Å². The van der Waals surface area contributed by atoms with E-state index in [4.69, 9.17) is 0 Å². The summed E-state index contributed by atoms with van der Waals surface area (Å²) in [4.78, 5) is 13.1. The zero-order chi connectivity index (χ0) is 19.1. The molecule has 28 heavy (non-hydrogen) atoms. The van der Waals surface area contributed by atoms with E-state index in [1.165, 1.54) is 38.5 Å². The number of carboxylic acid groups (broad SMARTS) is 1. The molecular formula is C23H29FN2O2. The van der Waals surface area contributed by atoms with Crippen LogP contribution in [-0.4, -0.2) is 35.2 Å². The Bertz CT molecular complexity index is 795. The zero-order valence-electron chi connectivity index (χ0n) is 16.3. The van der Waals surface area contributed by atoms with E-state index in [1.807, 2.05) is 6.07 Å². The van der Waals surface area contributed by atoms with Crippen LogP contribution in [0.15, 0.2) is 18.2 Å². The number of likely N-dealkylation sites (tertiary alicyclic amines) is 1. The monoisotopic (exact) mass is 384 g/mol. The summed E-state index contributed by atoms with van der Waals surface area (Å²) in [5, 5.41) is 13.3. The summed E-state index contributed by atoms with van der Waals surface area (Å²) in [6, 6.07) is 5.53. The van der Waals surface area contributed by atoms with E-state index in [1.54, 1.807) is 17.0 Å². The highest BCUT2D eigenvalue weighted by atomic mass is 19.1. The number of hydrogen-bond acceptors (Lipinski definition) is 2. The lowest BCUT2D eigenvalue weighted by atomic mass is 9.44. The van der Waals surface area contributed by atoms with E-state index in [2.05, 4.69) is 5.32 Å². The van der Waals surface area contributed by atoms with Crippen LogP contribution >= 0.6 is 0 Å². The second-order valence-corrected chi connectivity index (χ2v) is 10.5. The van der Waals surface area contributed by atoms with Crippen LogP contribution in [0.25, 0.3) is 0 Å². The summed E-state index contributed by atoms with van der Waals surface area (Å²) in [6.07, 6.45) is 8.91. The minimum Gasteiger partial charge on any atom is -0.465 e. The topological polar surface area (TPSA) is 52.6 Å². The lowest BCUT2D eigenvalue weighted by Gasteiger charge is -2.62. The Morgan fingerprint density at radius 3 is 2.25 bits per heavy atom. The molecule has 7 rings (SSSR count). The smallest absolute Gasteiger partial charge is 0.407 e. The molecule has 2 aliphatic heterocycles. The Labute approximate surface area is 165 Å². The third-order valence-corrected chi connectivity index (χ3v) is 8.99. The quantitative estimate of drug-likeness (QED) is 0.728.